The molecule has 0 bridgehead atoms. The Bertz CT molecular complexity index is 1130. The summed E-state index contributed by atoms with van der Waals surface area (Å²) in [4.78, 5) is 14.7. The van der Waals surface area contributed by atoms with E-state index in [1.54, 1.807) is 24.3 Å². The Balaban J connectivity index is 1.32. The molecular weight excluding hydrogens is 441 g/mol. The van der Waals surface area contributed by atoms with Gasteiger partial charge in [0.05, 0.1) is 5.02 Å². The normalized spacial score (nSPS) is 15.1. The fourth-order valence-electron chi connectivity index (χ4n) is 4.16. The summed E-state index contributed by atoms with van der Waals surface area (Å²) in [5.74, 6) is 1.16. The Kier molecular flexibility index (Phi) is 7.16. The summed E-state index contributed by atoms with van der Waals surface area (Å²) in [7, 11) is 4.23. The number of urea groups is 1. The van der Waals surface area contributed by atoms with Crippen LogP contribution in [0.5, 0.6) is 11.5 Å². The van der Waals surface area contributed by atoms with Crippen LogP contribution in [0, 0.1) is 11.7 Å². The molecule has 0 fully saturated rings. The Labute approximate surface area is 198 Å². The molecule has 0 heterocycles. The lowest BCUT2D eigenvalue weighted by Gasteiger charge is -2.27. The van der Waals surface area contributed by atoms with Gasteiger partial charge in [0.15, 0.2) is 0 Å². The fourth-order valence-corrected chi connectivity index (χ4v) is 4.33. The van der Waals surface area contributed by atoms with Crippen molar-refractivity contribution >= 4 is 29.0 Å². The van der Waals surface area contributed by atoms with E-state index in [0.717, 1.165) is 25.1 Å². The maximum absolute atomic E-state index is 13.3. The molecule has 0 radical (unpaired) electrons. The van der Waals surface area contributed by atoms with Crippen molar-refractivity contribution in [3.63, 3.8) is 0 Å². The average Bonchev–Trinajstić information content (AvgIpc) is 2.77. The molecule has 3 aromatic carbocycles. The minimum atomic E-state index is -0.498. The van der Waals surface area contributed by atoms with E-state index < -0.39 is 5.82 Å². The number of anilines is 2. The summed E-state index contributed by atoms with van der Waals surface area (Å²) in [5, 5.41) is 5.73. The van der Waals surface area contributed by atoms with Crippen LogP contribution in [0.4, 0.5) is 20.6 Å². The van der Waals surface area contributed by atoms with Crippen LogP contribution in [0.25, 0.3) is 0 Å². The van der Waals surface area contributed by atoms with Gasteiger partial charge in [0.1, 0.15) is 17.3 Å². The van der Waals surface area contributed by atoms with Gasteiger partial charge in [0.2, 0.25) is 0 Å². The van der Waals surface area contributed by atoms with Gasteiger partial charge in [0, 0.05) is 24.0 Å². The number of hydrogen-bond donors (Lipinski definition) is 2. The number of hydrogen-bond acceptors (Lipinski definition) is 3. The summed E-state index contributed by atoms with van der Waals surface area (Å²) in [6.07, 6.45) is 3.28. The highest BCUT2D eigenvalue weighted by molar-refractivity contribution is 6.30. The van der Waals surface area contributed by atoms with Crippen molar-refractivity contribution in [3.8, 4) is 11.5 Å². The quantitative estimate of drug-likeness (QED) is 0.430. The predicted molar refractivity (Wildman–Crippen MR) is 131 cm³/mol. The minimum Gasteiger partial charge on any atom is -0.457 e. The number of nitrogens with zero attached hydrogens (tertiary/aromatic N) is 1. The van der Waals surface area contributed by atoms with Crippen molar-refractivity contribution in [2.45, 2.75) is 19.3 Å². The SMILES string of the molecule is CN(C)CC1CCc2cc(NC(=O)Nc3ccc(Oc4ccc(F)c(Cl)c4)cc3)ccc2C1. The number of carbonyl (C=O) groups is 1. The Hall–Kier alpha value is -3.09. The maximum atomic E-state index is 13.3. The monoisotopic (exact) mass is 467 g/mol. The maximum Gasteiger partial charge on any atom is 0.323 e. The molecule has 7 heteroatoms. The lowest BCUT2D eigenvalue weighted by molar-refractivity contribution is 0.262. The van der Waals surface area contributed by atoms with Crippen molar-refractivity contribution in [3.05, 3.63) is 82.6 Å². The van der Waals surface area contributed by atoms with E-state index in [4.69, 9.17) is 16.3 Å². The third-order valence-corrected chi connectivity index (χ3v) is 5.95. The van der Waals surface area contributed by atoms with Gasteiger partial charge in [-0.3, -0.25) is 0 Å². The first-order valence-corrected chi connectivity index (χ1v) is 11.3. The van der Waals surface area contributed by atoms with Crippen molar-refractivity contribution in [1.82, 2.24) is 4.90 Å². The number of amides is 2. The van der Waals surface area contributed by atoms with E-state index in [9.17, 15) is 9.18 Å². The number of nitrogens with one attached hydrogen (secondary N) is 2. The van der Waals surface area contributed by atoms with E-state index in [-0.39, 0.29) is 11.1 Å². The van der Waals surface area contributed by atoms with Gasteiger partial charge in [-0.05, 0) is 98.9 Å². The molecule has 0 spiro atoms. The lowest BCUT2D eigenvalue weighted by Crippen LogP contribution is -2.26. The van der Waals surface area contributed by atoms with Crippen molar-refractivity contribution in [1.29, 1.82) is 0 Å². The largest absolute Gasteiger partial charge is 0.457 e. The summed E-state index contributed by atoms with van der Waals surface area (Å²) >= 11 is 5.78. The van der Waals surface area contributed by atoms with Crippen LogP contribution in [0.2, 0.25) is 5.02 Å². The molecular formula is C26H27ClFN3O2. The molecule has 0 aromatic heterocycles. The smallest absolute Gasteiger partial charge is 0.323 e. The molecule has 4 rings (SSSR count). The first kappa shape index (κ1) is 23.1. The van der Waals surface area contributed by atoms with Gasteiger partial charge in [-0.25, -0.2) is 9.18 Å². The van der Waals surface area contributed by atoms with E-state index >= 15 is 0 Å². The van der Waals surface area contributed by atoms with Gasteiger partial charge < -0.3 is 20.3 Å². The highest BCUT2D eigenvalue weighted by atomic mass is 35.5. The third-order valence-electron chi connectivity index (χ3n) is 5.66. The second-order valence-corrected chi connectivity index (χ2v) is 9.04. The van der Waals surface area contributed by atoms with Gasteiger partial charge in [-0.2, -0.15) is 0 Å². The van der Waals surface area contributed by atoms with Crippen LogP contribution in [-0.2, 0) is 12.8 Å². The first-order chi connectivity index (χ1) is 15.9. The molecule has 1 unspecified atom stereocenters. The fraction of sp³-hybridized carbons (Fsp3) is 0.269. The number of fused-ring (bicyclic) bond motifs is 1. The number of carbonyl (C=O) groups excluding carboxylic acids is 1. The van der Waals surface area contributed by atoms with E-state index in [2.05, 4.69) is 41.8 Å². The lowest BCUT2D eigenvalue weighted by atomic mass is 9.83. The van der Waals surface area contributed by atoms with Crippen molar-refractivity contribution < 1.29 is 13.9 Å². The highest BCUT2D eigenvalue weighted by Gasteiger charge is 2.19. The number of halogens is 2. The van der Waals surface area contributed by atoms with Crippen LogP contribution in [-0.4, -0.2) is 31.6 Å². The number of ether oxygens (including phenoxy) is 1. The van der Waals surface area contributed by atoms with E-state index in [1.807, 2.05) is 6.07 Å². The molecule has 5 nitrogen and oxygen atoms in total. The zero-order valence-electron chi connectivity index (χ0n) is 18.7. The van der Waals surface area contributed by atoms with Crippen molar-refractivity contribution in [2.24, 2.45) is 5.92 Å². The second kappa shape index (κ2) is 10.2. The van der Waals surface area contributed by atoms with Gasteiger partial charge in [-0.1, -0.05) is 17.7 Å². The topological polar surface area (TPSA) is 53.6 Å². The number of aryl methyl sites for hydroxylation is 1. The first-order valence-electron chi connectivity index (χ1n) is 10.9. The second-order valence-electron chi connectivity index (χ2n) is 8.64. The molecule has 1 aliphatic carbocycles. The molecule has 0 saturated heterocycles. The van der Waals surface area contributed by atoms with Crippen LogP contribution in [0.1, 0.15) is 17.5 Å². The highest BCUT2D eigenvalue weighted by Crippen LogP contribution is 2.29. The van der Waals surface area contributed by atoms with Crippen LogP contribution in [0.3, 0.4) is 0 Å². The van der Waals surface area contributed by atoms with E-state index in [1.165, 1.54) is 35.7 Å². The zero-order chi connectivity index (χ0) is 23.4. The average molecular weight is 468 g/mol. The van der Waals surface area contributed by atoms with Crippen molar-refractivity contribution in [2.75, 3.05) is 31.3 Å². The van der Waals surface area contributed by atoms with E-state index in [0.29, 0.717) is 23.1 Å². The minimum absolute atomic E-state index is 0.00184. The molecule has 3 aromatic rings. The molecule has 1 aliphatic rings. The standard InChI is InChI=1S/C26H27ClFN3O2/c1-31(2)16-17-3-4-19-14-21(6-5-18(19)13-17)30-26(32)29-20-7-9-22(10-8-20)33-23-11-12-25(28)24(27)15-23/h5-12,14-15,17H,3-4,13,16H2,1-2H3,(H2,29,30,32). The summed E-state index contributed by atoms with van der Waals surface area (Å²) in [6.45, 7) is 1.10. The number of rotatable bonds is 6. The molecule has 0 aliphatic heterocycles. The Morgan fingerprint density at radius 1 is 1.00 bits per heavy atom. The molecule has 2 N–H and O–H groups in total. The Morgan fingerprint density at radius 2 is 1.70 bits per heavy atom. The van der Waals surface area contributed by atoms with Gasteiger partial charge in [0.25, 0.3) is 0 Å². The van der Waals surface area contributed by atoms with Gasteiger partial charge >= 0.3 is 6.03 Å². The molecule has 1 atom stereocenters. The molecule has 172 valence electrons. The molecule has 33 heavy (non-hydrogen) atoms. The summed E-state index contributed by atoms with van der Waals surface area (Å²) < 4.78 is 18.9. The summed E-state index contributed by atoms with van der Waals surface area (Å²) in [5.41, 5.74) is 4.09. The van der Waals surface area contributed by atoms with Crippen LogP contribution < -0.4 is 15.4 Å². The zero-order valence-corrected chi connectivity index (χ0v) is 19.5. The van der Waals surface area contributed by atoms with Gasteiger partial charge in [-0.15, -0.1) is 0 Å². The predicted octanol–water partition coefficient (Wildman–Crippen LogP) is 6.58. The molecule has 0 saturated carbocycles. The number of benzene rings is 3. The third kappa shape index (κ3) is 6.24. The van der Waals surface area contributed by atoms with Crippen LogP contribution in [0.15, 0.2) is 60.7 Å². The Morgan fingerprint density at radius 3 is 2.42 bits per heavy atom. The molecule has 2 amide bonds. The van der Waals surface area contributed by atoms with Crippen LogP contribution >= 0.6 is 11.6 Å². The summed E-state index contributed by atoms with van der Waals surface area (Å²) in [6, 6.07) is 16.9.